The maximum absolute atomic E-state index is 14.4. The molecule has 0 radical (unpaired) electrons. The molecule has 1 saturated carbocycles. The van der Waals surface area contributed by atoms with E-state index < -0.39 is 11.8 Å². The van der Waals surface area contributed by atoms with Crippen molar-refractivity contribution in [2.45, 2.75) is 69.2 Å². The van der Waals surface area contributed by atoms with Gasteiger partial charge in [0.1, 0.15) is 17.3 Å². The standard InChI is InChI=1S/C29H28Cl2FN3O5/c1-38-28(36)20-10-7-16(11-24(20)32)33-29(37)35-17-8-9-18(35)13-19(12-17)39-14-21-26(34-40-27(21)15-5-6-15)25-22(30)3-2-4-23(25)31/h2-4,7,10-11,15,17-19H,5-6,8-9,12-14H2,1H3,(H,33,37)/t17-,18?,19?/m0/s1. The van der Waals surface area contributed by atoms with Crippen LogP contribution in [0.3, 0.4) is 0 Å². The van der Waals surface area contributed by atoms with Gasteiger partial charge in [0.25, 0.3) is 0 Å². The van der Waals surface area contributed by atoms with E-state index in [-0.39, 0.29) is 35.5 Å². The number of urea groups is 1. The molecule has 3 aromatic rings. The van der Waals surface area contributed by atoms with Crippen molar-refractivity contribution in [1.82, 2.24) is 10.1 Å². The summed E-state index contributed by atoms with van der Waals surface area (Å²) in [4.78, 5) is 26.7. The number of methoxy groups -OCH3 is 1. The van der Waals surface area contributed by atoms with E-state index in [1.54, 1.807) is 18.2 Å². The van der Waals surface area contributed by atoms with Crippen molar-refractivity contribution in [1.29, 1.82) is 0 Å². The summed E-state index contributed by atoms with van der Waals surface area (Å²) in [6.07, 6.45) is 5.16. The van der Waals surface area contributed by atoms with E-state index in [9.17, 15) is 14.0 Å². The molecule has 2 aromatic carbocycles. The first-order valence-electron chi connectivity index (χ1n) is 13.4. The second-order valence-electron chi connectivity index (χ2n) is 10.6. The van der Waals surface area contributed by atoms with Crippen LogP contribution in [0.1, 0.15) is 66.1 Å². The number of rotatable bonds is 7. The van der Waals surface area contributed by atoms with Crippen LogP contribution in [0.5, 0.6) is 0 Å². The highest BCUT2D eigenvalue weighted by atomic mass is 35.5. The van der Waals surface area contributed by atoms with Crippen LogP contribution in [-0.4, -0.2) is 47.4 Å². The highest BCUT2D eigenvalue weighted by Gasteiger charge is 2.44. The van der Waals surface area contributed by atoms with Crippen LogP contribution in [0.2, 0.25) is 10.0 Å². The zero-order chi connectivity index (χ0) is 28.0. The molecule has 2 unspecified atom stereocenters. The number of aromatic nitrogens is 1. The molecular weight excluding hydrogens is 560 g/mol. The highest BCUT2D eigenvalue weighted by molar-refractivity contribution is 6.39. The fourth-order valence-electron chi connectivity index (χ4n) is 5.90. The van der Waals surface area contributed by atoms with Crippen molar-refractivity contribution < 1.29 is 28.0 Å². The Hall–Kier alpha value is -3.14. The van der Waals surface area contributed by atoms with Gasteiger partial charge < -0.3 is 24.2 Å². The number of nitrogens with one attached hydrogen (secondary N) is 1. The van der Waals surface area contributed by atoms with E-state index in [2.05, 4.69) is 15.2 Å². The number of carbonyl (C=O) groups excluding carboxylic acids is 2. The Labute approximate surface area is 240 Å². The lowest BCUT2D eigenvalue weighted by atomic mass is 9.99. The number of carbonyl (C=O) groups is 2. The molecular formula is C29H28Cl2FN3O5. The Morgan fingerprint density at radius 1 is 1.10 bits per heavy atom. The number of halogens is 3. The van der Waals surface area contributed by atoms with Crippen LogP contribution in [0.4, 0.5) is 14.9 Å². The second kappa shape index (κ2) is 11.0. The van der Waals surface area contributed by atoms with Gasteiger partial charge in [-0.05, 0) is 68.9 Å². The largest absolute Gasteiger partial charge is 0.465 e. The maximum Gasteiger partial charge on any atom is 0.340 e. The van der Waals surface area contributed by atoms with Crippen LogP contribution in [-0.2, 0) is 16.1 Å². The van der Waals surface area contributed by atoms with Gasteiger partial charge in [-0.15, -0.1) is 0 Å². The molecule has 210 valence electrons. The van der Waals surface area contributed by atoms with Crippen molar-refractivity contribution in [3.8, 4) is 11.3 Å². The summed E-state index contributed by atoms with van der Waals surface area (Å²) in [5, 5.41) is 8.12. The summed E-state index contributed by atoms with van der Waals surface area (Å²) < 4.78 is 31.1. The minimum atomic E-state index is -0.770. The lowest BCUT2D eigenvalue weighted by Gasteiger charge is -2.38. The van der Waals surface area contributed by atoms with Crippen LogP contribution in [0, 0.1) is 5.82 Å². The van der Waals surface area contributed by atoms with E-state index in [1.165, 1.54) is 19.2 Å². The predicted molar refractivity (Wildman–Crippen MR) is 147 cm³/mol. The molecule has 1 N–H and O–H groups in total. The first-order valence-corrected chi connectivity index (χ1v) is 14.1. The number of fused-ring (bicyclic) bond motifs is 2. The fourth-order valence-corrected chi connectivity index (χ4v) is 6.48. The number of esters is 1. The molecule has 2 bridgehead atoms. The number of nitrogens with zero attached hydrogens (tertiary/aromatic N) is 2. The van der Waals surface area contributed by atoms with Gasteiger partial charge >= 0.3 is 12.0 Å². The normalized spacial score (nSPS) is 21.9. The van der Waals surface area contributed by atoms with Crippen molar-refractivity contribution >= 4 is 40.9 Å². The third-order valence-electron chi connectivity index (χ3n) is 7.98. The Morgan fingerprint density at radius 3 is 2.42 bits per heavy atom. The maximum atomic E-state index is 14.4. The molecule has 2 saturated heterocycles. The smallest absolute Gasteiger partial charge is 0.340 e. The molecule has 1 aliphatic carbocycles. The minimum absolute atomic E-state index is 0.00537. The Bertz CT molecular complexity index is 1430. The average molecular weight is 588 g/mol. The van der Waals surface area contributed by atoms with Gasteiger partial charge in [-0.2, -0.15) is 0 Å². The van der Waals surface area contributed by atoms with Crippen molar-refractivity contribution in [2.24, 2.45) is 0 Å². The highest BCUT2D eigenvalue weighted by Crippen LogP contribution is 2.46. The van der Waals surface area contributed by atoms with Gasteiger partial charge in [-0.25, -0.2) is 14.0 Å². The molecule has 3 heterocycles. The summed E-state index contributed by atoms with van der Waals surface area (Å²) in [7, 11) is 1.19. The van der Waals surface area contributed by atoms with E-state index in [0.29, 0.717) is 46.7 Å². The summed E-state index contributed by atoms with van der Waals surface area (Å²) in [5.74, 6) is -0.366. The van der Waals surface area contributed by atoms with E-state index >= 15 is 0 Å². The first kappa shape index (κ1) is 27.1. The molecule has 6 rings (SSSR count). The van der Waals surface area contributed by atoms with Gasteiger partial charge in [0, 0.05) is 34.8 Å². The number of hydrogen-bond acceptors (Lipinski definition) is 6. The summed E-state index contributed by atoms with van der Waals surface area (Å²) >= 11 is 13.0. The fraction of sp³-hybridized carbons (Fsp3) is 0.414. The molecule has 3 fully saturated rings. The zero-order valence-corrected chi connectivity index (χ0v) is 23.3. The first-order chi connectivity index (χ1) is 19.3. The Morgan fingerprint density at radius 2 is 1.80 bits per heavy atom. The molecule has 2 aliphatic heterocycles. The number of benzene rings is 2. The molecule has 8 nitrogen and oxygen atoms in total. The minimum Gasteiger partial charge on any atom is -0.465 e. The topological polar surface area (TPSA) is 93.9 Å². The van der Waals surface area contributed by atoms with Crippen molar-refractivity contribution in [2.75, 3.05) is 12.4 Å². The van der Waals surface area contributed by atoms with Crippen molar-refractivity contribution in [3.05, 3.63) is 69.1 Å². The SMILES string of the molecule is COC(=O)c1ccc(NC(=O)N2C3CC[C@H]2CC(OCc2c(-c4c(Cl)cccc4Cl)noc2C2CC2)C3)cc1F. The third kappa shape index (κ3) is 5.18. The molecule has 11 heteroatoms. The van der Waals surface area contributed by atoms with E-state index in [1.807, 2.05) is 4.90 Å². The zero-order valence-electron chi connectivity index (χ0n) is 21.8. The van der Waals surface area contributed by atoms with Crippen LogP contribution >= 0.6 is 23.2 Å². The number of ether oxygens (including phenoxy) is 2. The van der Waals surface area contributed by atoms with Crippen LogP contribution < -0.4 is 5.32 Å². The van der Waals surface area contributed by atoms with Crippen LogP contribution in [0.25, 0.3) is 11.3 Å². The summed E-state index contributed by atoms with van der Waals surface area (Å²) in [6, 6.07) is 8.98. The second-order valence-corrected chi connectivity index (χ2v) is 11.4. The molecule has 3 aliphatic rings. The van der Waals surface area contributed by atoms with Crippen molar-refractivity contribution in [3.63, 3.8) is 0 Å². The number of amides is 2. The number of piperidine rings is 1. The lowest BCUT2D eigenvalue weighted by molar-refractivity contribution is -0.0158. The average Bonchev–Trinajstić information content (AvgIpc) is 3.63. The van der Waals surface area contributed by atoms with E-state index in [0.717, 1.165) is 43.1 Å². The number of anilines is 1. The van der Waals surface area contributed by atoms with Gasteiger partial charge in [0.15, 0.2) is 0 Å². The van der Waals surface area contributed by atoms with Gasteiger partial charge in [0.2, 0.25) is 0 Å². The Balaban J connectivity index is 1.13. The monoisotopic (exact) mass is 587 g/mol. The third-order valence-corrected chi connectivity index (χ3v) is 8.61. The Kier molecular flexibility index (Phi) is 7.46. The van der Waals surface area contributed by atoms with Gasteiger partial charge in [-0.1, -0.05) is 34.4 Å². The van der Waals surface area contributed by atoms with E-state index in [4.69, 9.17) is 32.5 Å². The molecule has 0 spiro atoms. The molecule has 2 amide bonds. The molecule has 1 aromatic heterocycles. The quantitative estimate of drug-likeness (QED) is 0.294. The van der Waals surface area contributed by atoms with Crippen LogP contribution in [0.15, 0.2) is 40.9 Å². The molecule has 40 heavy (non-hydrogen) atoms. The predicted octanol–water partition coefficient (Wildman–Crippen LogP) is 7.20. The molecule has 3 atom stereocenters. The number of hydrogen-bond donors (Lipinski definition) is 1. The lowest BCUT2D eigenvalue weighted by Crippen LogP contribution is -2.50. The summed E-state index contributed by atoms with van der Waals surface area (Å²) in [6.45, 7) is 0.314. The van der Waals surface area contributed by atoms with Gasteiger partial charge in [0.05, 0.1) is 35.4 Å². The van der Waals surface area contributed by atoms with Gasteiger partial charge in [-0.3, -0.25) is 0 Å². The summed E-state index contributed by atoms with van der Waals surface area (Å²) in [5.41, 5.74) is 2.22.